The number of hydrogen-bond donors (Lipinski definition) is 2. The second-order valence-electron chi connectivity index (χ2n) is 6.25. The summed E-state index contributed by atoms with van der Waals surface area (Å²) in [7, 11) is 1.67. The molecule has 0 bridgehead atoms. The Morgan fingerprint density at radius 2 is 2.08 bits per heavy atom. The minimum absolute atomic E-state index is 0.0810. The summed E-state index contributed by atoms with van der Waals surface area (Å²) in [4.78, 5) is 12.1. The largest absolute Gasteiger partial charge is 0.496 e. The van der Waals surface area contributed by atoms with Crippen LogP contribution in [0.3, 0.4) is 0 Å². The monoisotopic (exact) mass is 327 g/mol. The van der Waals surface area contributed by atoms with Crippen LogP contribution in [0.5, 0.6) is 5.75 Å². The number of amides is 1. The molecule has 1 aliphatic carbocycles. The highest BCUT2D eigenvalue weighted by Gasteiger charge is 2.17. The van der Waals surface area contributed by atoms with E-state index in [2.05, 4.69) is 15.5 Å². The number of methoxy groups -OCH3 is 1. The van der Waals surface area contributed by atoms with Crippen LogP contribution >= 0.6 is 0 Å². The lowest BCUT2D eigenvalue weighted by atomic mass is 9.94. The van der Waals surface area contributed by atoms with Gasteiger partial charge in [0.05, 0.1) is 12.8 Å². The highest BCUT2D eigenvalue weighted by Crippen LogP contribution is 2.22. The summed E-state index contributed by atoms with van der Waals surface area (Å²) in [5, 5.41) is 10.5. The van der Waals surface area contributed by atoms with Gasteiger partial charge in [-0.1, -0.05) is 18.2 Å². The Morgan fingerprint density at radius 1 is 1.25 bits per heavy atom. The number of carbonyl (C=O) groups is 1. The van der Waals surface area contributed by atoms with Crippen molar-refractivity contribution < 1.29 is 9.53 Å². The minimum atomic E-state index is 0.0810. The average molecular weight is 327 g/mol. The molecule has 1 heterocycles. The van der Waals surface area contributed by atoms with E-state index in [0.717, 1.165) is 36.3 Å². The van der Waals surface area contributed by atoms with E-state index in [4.69, 9.17) is 4.74 Å². The van der Waals surface area contributed by atoms with E-state index in [1.165, 1.54) is 24.1 Å². The molecule has 0 atom stereocenters. The number of aromatic nitrogens is 2. The number of benzene rings is 1. The van der Waals surface area contributed by atoms with Gasteiger partial charge in [0, 0.05) is 25.1 Å². The third-order valence-corrected chi connectivity index (χ3v) is 4.64. The zero-order valence-electron chi connectivity index (χ0n) is 14.2. The number of H-pyrrole nitrogens is 1. The van der Waals surface area contributed by atoms with Crippen LogP contribution in [-0.4, -0.2) is 29.8 Å². The van der Waals surface area contributed by atoms with Crippen LogP contribution in [0, 0.1) is 0 Å². The summed E-state index contributed by atoms with van der Waals surface area (Å²) in [6.07, 6.45) is 6.62. The molecule has 1 amide bonds. The summed E-state index contributed by atoms with van der Waals surface area (Å²) < 4.78 is 5.33. The van der Waals surface area contributed by atoms with E-state index in [1.54, 1.807) is 7.11 Å². The molecular weight excluding hydrogens is 302 g/mol. The normalized spacial score (nSPS) is 13.4. The Labute approximate surface area is 142 Å². The van der Waals surface area contributed by atoms with Gasteiger partial charge in [0.25, 0.3) is 0 Å². The third kappa shape index (κ3) is 3.96. The summed E-state index contributed by atoms with van der Waals surface area (Å²) in [5.74, 6) is 0.951. The van der Waals surface area contributed by atoms with E-state index >= 15 is 0 Å². The van der Waals surface area contributed by atoms with Gasteiger partial charge in [0.2, 0.25) is 5.91 Å². The highest BCUT2D eigenvalue weighted by atomic mass is 16.5. The van der Waals surface area contributed by atoms with Crippen LogP contribution in [-0.2, 0) is 30.5 Å². The van der Waals surface area contributed by atoms with Gasteiger partial charge in [-0.15, -0.1) is 0 Å². The van der Waals surface area contributed by atoms with Gasteiger partial charge in [-0.05, 0) is 49.3 Å². The lowest BCUT2D eigenvalue weighted by Gasteiger charge is -2.11. The molecule has 3 rings (SSSR count). The summed E-state index contributed by atoms with van der Waals surface area (Å²) in [6, 6.07) is 7.91. The van der Waals surface area contributed by atoms with E-state index in [0.29, 0.717) is 19.4 Å². The number of fused-ring (bicyclic) bond motifs is 1. The Morgan fingerprint density at radius 3 is 2.96 bits per heavy atom. The molecule has 0 aliphatic heterocycles. The molecule has 1 aromatic carbocycles. The third-order valence-electron chi connectivity index (χ3n) is 4.64. The smallest absolute Gasteiger partial charge is 0.220 e. The summed E-state index contributed by atoms with van der Waals surface area (Å²) in [5.41, 5.74) is 4.81. The van der Waals surface area contributed by atoms with Crippen molar-refractivity contribution in [2.45, 2.75) is 44.9 Å². The molecule has 0 unspecified atom stereocenters. The molecule has 128 valence electrons. The van der Waals surface area contributed by atoms with Crippen LogP contribution in [0.25, 0.3) is 0 Å². The fourth-order valence-corrected chi connectivity index (χ4v) is 3.32. The fraction of sp³-hybridized carbons (Fsp3) is 0.474. The standard InChI is InChI=1S/C19H25N3O2/c1-24-18-9-5-2-6-14(18)12-13-20-19(23)11-10-17-15-7-3-4-8-16(15)21-22-17/h2,5-6,9H,3-4,7-8,10-13H2,1H3,(H,20,23)(H,21,22). The Bertz CT molecular complexity index is 694. The van der Waals surface area contributed by atoms with Crippen molar-refractivity contribution >= 4 is 5.91 Å². The Balaban J connectivity index is 1.44. The maximum Gasteiger partial charge on any atom is 0.220 e. The van der Waals surface area contributed by atoms with Crippen LogP contribution < -0.4 is 10.1 Å². The fourth-order valence-electron chi connectivity index (χ4n) is 3.32. The quantitative estimate of drug-likeness (QED) is 0.821. The number of para-hydroxylation sites is 1. The average Bonchev–Trinajstić information content (AvgIpc) is 3.03. The maximum atomic E-state index is 12.1. The first kappa shape index (κ1) is 16.6. The molecule has 1 aromatic heterocycles. The van der Waals surface area contributed by atoms with Crippen molar-refractivity contribution in [3.63, 3.8) is 0 Å². The maximum absolute atomic E-state index is 12.1. The molecular formula is C19H25N3O2. The predicted molar refractivity (Wildman–Crippen MR) is 93.3 cm³/mol. The molecule has 2 N–H and O–H groups in total. The summed E-state index contributed by atoms with van der Waals surface area (Å²) in [6.45, 7) is 0.623. The van der Waals surface area contributed by atoms with E-state index in [9.17, 15) is 4.79 Å². The molecule has 24 heavy (non-hydrogen) atoms. The lowest BCUT2D eigenvalue weighted by molar-refractivity contribution is -0.121. The van der Waals surface area contributed by atoms with Crippen LogP contribution in [0.2, 0.25) is 0 Å². The van der Waals surface area contributed by atoms with E-state index < -0.39 is 0 Å². The van der Waals surface area contributed by atoms with Crippen molar-refractivity contribution in [2.75, 3.05) is 13.7 Å². The number of ether oxygens (including phenoxy) is 1. The SMILES string of the molecule is COc1ccccc1CCNC(=O)CCc1n[nH]c2c1CCCC2. The first-order chi connectivity index (χ1) is 11.8. The van der Waals surface area contributed by atoms with Gasteiger partial charge in [0.15, 0.2) is 0 Å². The molecule has 5 nitrogen and oxygen atoms in total. The van der Waals surface area contributed by atoms with Gasteiger partial charge in [-0.3, -0.25) is 9.89 Å². The van der Waals surface area contributed by atoms with Crippen molar-refractivity contribution in [1.82, 2.24) is 15.5 Å². The highest BCUT2D eigenvalue weighted by molar-refractivity contribution is 5.76. The van der Waals surface area contributed by atoms with Gasteiger partial charge < -0.3 is 10.1 Å². The number of rotatable bonds is 7. The number of carbonyl (C=O) groups excluding carboxylic acids is 1. The zero-order chi connectivity index (χ0) is 16.8. The van der Waals surface area contributed by atoms with Gasteiger partial charge in [-0.2, -0.15) is 5.10 Å². The number of aromatic amines is 1. The van der Waals surface area contributed by atoms with Gasteiger partial charge in [-0.25, -0.2) is 0 Å². The molecule has 0 fully saturated rings. The Hall–Kier alpha value is -2.30. The minimum Gasteiger partial charge on any atom is -0.496 e. The summed E-state index contributed by atoms with van der Waals surface area (Å²) >= 11 is 0. The van der Waals surface area contributed by atoms with E-state index in [1.807, 2.05) is 24.3 Å². The van der Waals surface area contributed by atoms with Crippen molar-refractivity contribution in [2.24, 2.45) is 0 Å². The van der Waals surface area contributed by atoms with Crippen LogP contribution in [0.4, 0.5) is 0 Å². The molecule has 1 aliphatic rings. The van der Waals surface area contributed by atoms with Crippen molar-refractivity contribution in [3.05, 3.63) is 46.8 Å². The van der Waals surface area contributed by atoms with Crippen LogP contribution in [0.15, 0.2) is 24.3 Å². The van der Waals surface area contributed by atoms with Crippen LogP contribution in [0.1, 0.15) is 41.8 Å². The topological polar surface area (TPSA) is 67.0 Å². The number of nitrogens with one attached hydrogen (secondary N) is 2. The number of nitrogens with zero attached hydrogens (tertiary/aromatic N) is 1. The molecule has 0 saturated carbocycles. The van der Waals surface area contributed by atoms with E-state index in [-0.39, 0.29) is 5.91 Å². The molecule has 0 saturated heterocycles. The second kappa shape index (κ2) is 7.99. The van der Waals surface area contributed by atoms with Crippen molar-refractivity contribution in [1.29, 1.82) is 0 Å². The first-order valence-electron chi connectivity index (χ1n) is 8.71. The first-order valence-corrected chi connectivity index (χ1v) is 8.71. The Kier molecular flexibility index (Phi) is 5.51. The predicted octanol–water partition coefficient (Wildman–Crippen LogP) is 2.59. The zero-order valence-corrected chi connectivity index (χ0v) is 14.2. The number of hydrogen-bond acceptors (Lipinski definition) is 3. The van der Waals surface area contributed by atoms with Gasteiger partial charge >= 0.3 is 0 Å². The molecule has 0 radical (unpaired) electrons. The number of aryl methyl sites for hydroxylation is 2. The second-order valence-corrected chi connectivity index (χ2v) is 6.25. The van der Waals surface area contributed by atoms with Crippen molar-refractivity contribution in [3.8, 4) is 5.75 Å². The molecule has 0 spiro atoms. The molecule has 2 aromatic rings. The molecule has 5 heteroatoms. The van der Waals surface area contributed by atoms with Gasteiger partial charge in [0.1, 0.15) is 5.75 Å². The lowest BCUT2D eigenvalue weighted by Crippen LogP contribution is -2.26.